The standard InChI is InChI=1S/C16H12F2OS/c1-20-13-6-2-11(3-7-13)4-9-16(19)12-5-8-14(17)15(18)10-12/h2-10H,1H3. The van der Waals surface area contributed by atoms with Gasteiger partial charge in [0.05, 0.1) is 0 Å². The highest BCUT2D eigenvalue weighted by atomic mass is 32.2. The molecule has 0 unspecified atom stereocenters. The summed E-state index contributed by atoms with van der Waals surface area (Å²) in [5, 5.41) is 0. The Morgan fingerprint density at radius 3 is 2.35 bits per heavy atom. The van der Waals surface area contributed by atoms with E-state index in [0.717, 1.165) is 22.6 Å². The van der Waals surface area contributed by atoms with Gasteiger partial charge >= 0.3 is 0 Å². The van der Waals surface area contributed by atoms with E-state index in [2.05, 4.69) is 0 Å². The van der Waals surface area contributed by atoms with Crippen LogP contribution in [0.1, 0.15) is 15.9 Å². The smallest absolute Gasteiger partial charge is 0.185 e. The van der Waals surface area contributed by atoms with Crippen LogP contribution in [-0.2, 0) is 0 Å². The first kappa shape index (κ1) is 14.5. The molecule has 0 bridgehead atoms. The minimum atomic E-state index is -1.02. The molecular weight excluding hydrogens is 278 g/mol. The van der Waals surface area contributed by atoms with Gasteiger partial charge in [-0.2, -0.15) is 0 Å². The van der Waals surface area contributed by atoms with Crippen LogP contribution in [0.15, 0.2) is 53.4 Å². The van der Waals surface area contributed by atoms with E-state index in [-0.39, 0.29) is 11.3 Å². The van der Waals surface area contributed by atoms with Gasteiger partial charge in [0.15, 0.2) is 17.4 Å². The lowest BCUT2D eigenvalue weighted by molar-refractivity contribution is 0.104. The second-order valence-corrected chi connectivity index (χ2v) is 4.98. The molecule has 0 heterocycles. The fraction of sp³-hybridized carbons (Fsp3) is 0.0625. The second kappa shape index (κ2) is 6.48. The highest BCUT2D eigenvalue weighted by Gasteiger charge is 2.06. The van der Waals surface area contributed by atoms with Crippen molar-refractivity contribution in [2.24, 2.45) is 0 Å². The molecule has 0 atom stereocenters. The summed E-state index contributed by atoms with van der Waals surface area (Å²) in [7, 11) is 0. The fourth-order valence-corrected chi connectivity index (χ4v) is 2.04. The molecule has 0 aliphatic rings. The maximum Gasteiger partial charge on any atom is 0.185 e. The molecule has 20 heavy (non-hydrogen) atoms. The van der Waals surface area contributed by atoms with Gasteiger partial charge in [-0.25, -0.2) is 8.78 Å². The number of ketones is 1. The van der Waals surface area contributed by atoms with Crippen LogP contribution in [0, 0.1) is 11.6 Å². The highest BCUT2D eigenvalue weighted by Crippen LogP contribution is 2.16. The lowest BCUT2D eigenvalue weighted by Gasteiger charge is -1.98. The molecule has 0 N–H and O–H groups in total. The molecule has 2 aromatic carbocycles. The molecule has 1 nitrogen and oxygen atoms in total. The Morgan fingerprint density at radius 1 is 1.05 bits per heavy atom. The lowest BCUT2D eigenvalue weighted by atomic mass is 10.1. The van der Waals surface area contributed by atoms with Gasteiger partial charge in [0, 0.05) is 10.5 Å². The van der Waals surface area contributed by atoms with Crippen LogP contribution >= 0.6 is 11.8 Å². The summed E-state index contributed by atoms with van der Waals surface area (Å²) in [5.74, 6) is -2.34. The molecule has 0 radical (unpaired) electrons. The van der Waals surface area contributed by atoms with Crippen molar-refractivity contribution >= 4 is 23.6 Å². The number of allylic oxidation sites excluding steroid dienone is 1. The van der Waals surface area contributed by atoms with Crippen LogP contribution < -0.4 is 0 Å². The van der Waals surface area contributed by atoms with Crippen molar-refractivity contribution in [1.29, 1.82) is 0 Å². The predicted octanol–water partition coefficient (Wildman–Crippen LogP) is 4.58. The maximum absolute atomic E-state index is 13.0. The van der Waals surface area contributed by atoms with Gasteiger partial charge in [-0.3, -0.25) is 4.79 Å². The van der Waals surface area contributed by atoms with E-state index in [0.29, 0.717) is 0 Å². The van der Waals surface area contributed by atoms with Crippen LogP contribution in [0.2, 0.25) is 0 Å². The first-order valence-electron chi connectivity index (χ1n) is 5.91. The Bertz CT molecular complexity index is 648. The molecule has 2 rings (SSSR count). The number of benzene rings is 2. The number of halogens is 2. The van der Waals surface area contributed by atoms with Gasteiger partial charge in [0.2, 0.25) is 0 Å². The van der Waals surface area contributed by atoms with Crippen LogP contribution in [-0.4, -0.2) is 12.0 Å². The Kier molecular flexibility index (Phi) is 4.69. The SMILES string of the molecule is CSc1ccc(C=CC(=O)c2ccc(F)c(F)c2)cc1. The third-order valence-corrected chi connectivity index (χ3v) is 3.49. The molecular formula is C16H12F2OS. The summed E-state index contributed by atoms with van der Waals surface area (Å²) in [6, 6.07) is 10.8. The molecule has 0 spiro atoms. The Labute approximate surface area is 120 Å². The number of thioether (sulfide) groups is 1. The van der Waals surface area contributed by atoms with Crippen molar-refractivity contribution in [3.8, 4) is 0 Å². The summed E-state index contributed by atoms with van der Waals surface area (Å²) in [6.45, 7) is 0. The summed E-state index contributed by atoms with van der Waals surface area (Å²) in [5.41, 5.74) is 1.000. The Hall–Kier alpha value is -1.94. The average Bonchev–Trinajstić information content (AvgIpc) is 2.48. The van der Waals surface area contributed by atoms with Crippen LogP contribution in [0.5, 0.6) is 0 Å². The van der Waals surface area contributed by atoms with E-state index in [1.165, 1.54) is 12.1 Å². The summed E-state index contributed by atoms with van der Waals surface area (Å²) in [4.78, 5) is 13.0. The van der Waals surface area contributed by atoms with Crippen molar-refractivity contribution in [2.75, 3.05) is 6.26 Å². The molecule has 4 heteroatoms. The minimum Gasteiger partial charge on any atom is -0.289 e. The fourth-order valence-electron chi connectivity index (χ4n) is 1.63. The normalized spacial score (nSPS) is 10.9. The molecule has 0 aliphatic carbocycles. The average molecular weight is 290 g/mol. The van der Waals surface area contributed by atoms with Gasteiger partial charge in [0.1, 0.15) is 0 Å². The zero-order valence-corrected chi connectivity index (χ0v) is 11.6. The molecule has 0 amide bonds. The van der Waals surface area contributed by atoms with E-state index in [1.54, 1.807) is 17.8 Å². The zero-order valence-electron chi connectivity index (χ0n) is 10.8. The third-order valence-electron chi connectivity index (χ3n) is 2.75. The Balaban J connectivity index is 2.13. The molecule has 0 fully saturated rings. The maximum atomic E-state index is 13.0. The van der Waals surface area contributed by atoms with E-state index in [4.69, 9.17) is 0 Å². The van der Waals surface area contributed by atoms with E-state index >= 15 is 0 Å². The van der Waals surface area contributed by atoms with Gasteiger partial charge in [0.25, 0.3) is 0 Å². The van der Waals surface area contributed by atoms with Crippen molar-refractivity contribution in [3.05, 3.63) is 71.3 Å². The van der Waals surface area contributed by atoms with Crippen molar-refractivity contribution in [3.63, 3.8) is 0 Å². The molecule has 0 aliphatic heterocycles. The first-order chi connectivity index (χ1) is 9.60. The summed E-state index contributed by atoms with van der Waals surface area (Å²) in [6.07, 6.45) is 4.98. The van der Waals surface area contributed by atoms with Gasteiger partial charge < -0.3 is 0 Å². The van der Waals surface area contributed by atoms with E-state index in [1.807, 2.05) is 30.5 Å². The van der Waals surface area contributed by atoms with Gasteiger partial charge in [-0.05, 0) is 48.2 Å². The highest BCUT2D eigenvalue weighted by molar-refractivity contribution is 7.98. The Morgan fingerprint density at radius 2 is 1.75 bits per heavy atom. The van der Waals surface area contributed by atoms with Gasteiger partial charge in [-0.15, -0.1) is 11.8 Å². The number of carbonyl (C=O) groups excluding carboxylic acids is 1. The lowest BCUT2D eigenvalue weighted by Crippen LogP contribution is -1.96. The number of hydrogen-bond acceptors (Lipinski definition) is 2. The third kappa shape index (κ3) is 3.54. The van der Waals surface area contributed by atoms with Crippen molar-refractivity contribution in [1.82, 2.24) is 0 Å². The van der Waals surface area contributed by atoms with Gasteiger partial charge in [-0.1, -0.05) is 18.2 Å². The van der Waals surface area contributed by atoms with Crippen LogP contribution in [0.25, 0.3) is 6.08 Å². The first-order valence-corrected chi connectivity index (χ1v) is 7.14. The second-order valence-electron chi connectivity index (χ2n) is 4.10. The molecule has 102 valence electrons. The quantitative estimate of drug-likeness (QED) is 0.465. The predicted molar refractivity (Wildman–Crippen MR) is 77.9 cm³/mol. The van der Waals surface area contributed by atoms with Crippen molar-refractivity contribution < 1.29 is 13.6 Å². The molecule has 2 aromatic rings. The summed E-state index contributed by atoms with van der Waals surface area (Å²) < 4.78 is 25.8. The topological polar surface area (TPSA) is 17.1 Å². The summed E-state index contributed by atoms with van der Waals surface area (Å²) >= 11 is 1.63. The molecule has 0 saturated carbocycles. The van der Waals surface area contributed by atoms with E-state index < -0.39 is 11.6 Å². The van der Waals surface area contributed by atoms with Crippen LogP contribution in [0.3, 0.4) is 0 Å². The van der Waals surface area contributed by atoms with Crippen molar-refractivity contribution in [2.45, 2.75) is 4.90 Å². The number of rotatable bonds is 4. The molecule has 0 saturated heterocycles. The molecule has 0 aromatic heterocycles. The van der Waals surface area contributed by atoms with E-state index in [9.17, 15) is 13.6 Å². The minimum absolute atomic E-state index is 0.126. The number of carbonyl (C=O) groups is 1. The monoisotopic (exact) mass is 290 g/mol. The number of hydrogen-bond donors (Lipinski definition) is 0. The largest absolute Gasteiger partial charge is 0.289 e. The zero-order chi connectivity index (χ0) is 14.5. The van der Waals surface area contributed by atoms with Crippen LogP contribution in [0.4, 0.5) is 8.78 Å².